The molecule has 7 heteroatoms. The minimum absolute atomic E-state index is 0.218. The van der Waals surface area contributed by atoms with Gasteiger partial charge in [-0.15, -0.1) is 0 Å². The van der Waals surface area contributed by atoms with Crippen LogP contribution in [0.2, 0.25) is 10.0 Å². The molecule has 0 radical (unpaired) electrons. The Balaban J connectivity index is 1.93. The average Bonchev–Trinajstić information content (AvgIpc) is 2.52. The molecule has 0 bridgehead atoms. The molecule has 2 amide bonds. The SMILES string of the molecule is N#Cc1ccc(NC(=O)CC(=O)Nc2cccc(Cl)c2Cl)cc1. The first-order chi connectivity index (χ1) is 11.0. The van der Waals surface area contributed by atoms with Crippen LogP contribution in [0.5, 0.6) is 0 Å². The van der Waals surface area contributed by atoms with Gasteiger partial charge in [-0.1, -0.05) is 29.3 Å². The van der Waals surface area contributed by atoms with E-state index in [1.165, 1.54) is 0 Å². The average molecular weight is 348 g/mol. The van der Waals surface area contributed by atoms with Gasteiger partial charge in [-0.3, -0.25) is 9.59 Å². The van der Waals surface area contributed by atoms with Crippen LogP contribution in [0.3, 0.4) is 0 Å². The smallest absolute Gasteiger partial charge is 0.233 e. The van der Waals surface area contributed by atoms with Crippen LogP contribution in [0.1, 0.15) is 12.0 Å². The van der Waals surface area contributed by atoms with Crippen molar-refractivity contribution in [2.24, 2.45) is 0 Å². The zero-order chi connectivity index (χ0) is 16.8. The van der Waals surface area contributed by atoms with Crippen LogP contribution in [-0.4, -0.2) is 11.8 Å². The molecule has 0 atom stereocenters. The molecule has 0 aliphatic rings. The molecule has 23 heavy (non-hydrogen) atoms. The molecular formula is C16H11Cl2N3O2. The number of benzene rings is 2. The van der Waals surface area contributed by atoms with E-state index in [1.54, 1.807) is 42.5 Å². The minimum Gasteiger partial charge on any atom is -0.326 e. The predicted octanol–water partition coefficient (Wildman–Crippen LogP) is 3.83. The molecule has 2 rings (SSSR count). The number of halogens is 2. The number of carbonyl (C=O) groups is 2. The molecule has 5 nitrogen and oxygen atoms in total. The number of carbonyl (C=O) groups excluding carboxylic acids is 2. The van der Waals surface area contributed by atoms with E-state index in [0.717, 1.165) is 0 Å². The Morgan fingerprint density at radius 2 is 1.65 bits per heavy atom. The van der Waals surface area contributed by atoms with Gasteiger partial charge in [0.2, 0.25) is 11.8 Å². The highest BCUT2D eigenvalue weighted by atomic mass is 35.5. The van der Waals surface area contributed by atoms with Gasteiger partial charge < -0.3 is 10.6 Å². The topological polar surface area (TPSA) is 82.0 Å². The molecule has 0 saturated carbocycles. The third kappa shape index (κ3) is 4.71. The van der Waals surface area contributed by atoms with E-state index in [0.29, 0.717) is 22.0 Å². The molecule has 0 heterocycles. The Morgan fingerprint density at radius 1 is 1.00 bits per heavy atom. The van der Waals surface area contributed by atoms with Crippen molar-refractivity contribution >= 4 is 46.4 Å². The van der Waals surface area contributed by atoms with E-state index < -0.39 is 11.8 Å². The first kappa shape index (κ1) is 16.8. The maximum atomic E-state index is 11.9. The minimum atomic E-state index is -0.514. The lowest BCUT2D eigenvalue weighted by Gasteiger charge is -2.08. The standard InChI is InChI=1S/C16H11Cl2N3O2/c17-12-2-1-3-13(16(12)18)21-15(23)8-14(22)20-11-6-4-10(9-19)5-7-11/h1-7H,8H2,(H,20,22)(H,21,23). The third-order valence-corrected chi connectivity index (χ3v) is 3.66. The molecule has 0 aliphatic heterocycles. The van der Waals surface area contributed by atoms with Crippen molar-refractivity contribution in [2.75, 3.05) is 10.6 Å². The van der Waals surface area contributed by atoms with Gasteiger partial charge in [-0.05, 0) is 36.4 Å². The quantitative estimate of drug-likeness (QED) is 0.824. The summed E-state index contributed by atoms with van der Waals surface area (Å²) in [5.41, 5.74) is 1.33. The second-order valence-electron chi connectivity index (χ2n) is 4.56. The summed E-state index contributed by atoms with van der Waals surface area (Å²) in [5, 5.41) is 14.3. The monoisotopic (exact) mass is 347 g/mol. The zero-order valence-corrected chi connectivity index (χ0v) is 13.3. The van der Waals surface area contributed by atoms with Gasteiger partial charge in [-0.25, -0.2) is 0 Å². The fourth-order valence-electron chi connectivity index (χ4n) is 1.77. The van der Waals surface area contributed by atoms with E-state index >= 15 is 0 Å². The van der Waals surface area contributed by atoms with Gasteiger partial charge >= 0.3 is 0 Å². The van der Waals surface area contributed by atoms with E-state index in [9.17, 15) is 9.59 Å². The fourth-order valence-corrected chi connectivity index (χ4v) is 2.12. The fraction of sp³-hybridized carbons (Fsp3) is 0.0625. The Morgan fingerprint density at radius 3 is 2.30 bits per heavy atom. The maximum absolute atomic E-state index is 11.9. The first-order valence-electron chi connectivity index (χ1n) is 6.53. The van der Waals surface area contributed by atoms with Gasteiger partial charge in [0.15, 0.2) is 0 Å². The number of hydrogen-bond acceptors (Lipinski definition) is 3. The molecular weight excluding hydrogens is 337 g/mol. The Kier molecular flexibility index (Phi) is 5.58. The normalized spacial score (nSPS) is 9.78. The highest BCUT2D eigenvalue weighted by molar-refractivity contribution is 6.44. The molecule has 2 aromatic rings. The highest BCUT2D eigenvalue weighted by Crippen LogP contribution is 2.29. The van der Waals surface area contributed by atoms with E-state index in [1.807, 2.05) is 6.07 Å². The van der Waals surface area contributed by atoms with Crippen LogP contribution in [0.25, 0.3) is 0 Å². The summed E-state index contributed by atoms with van der Waals surface area (Å²) in [7, 11) is 0. The molecule has 0 aromatic heterocycles. The number of nitrogens with one attached hydrogen (secondary N) is 2. The molecule has 0 aliphatic carbocycles. The predicted molar refractivity (Wildman–Crippen MR) is 89.5 cm³/mol. The van der Waals surface area contributed by atoms with Crippen LogP contribution in [0.15, 0.2) is 42.5 Å². The van der Waals surface area contributed by atoms with E-state index in [4.69, 9.17) is 28.5 Å². The molecule has 0 fully saturated rings. The third-order valence-electron chi connectivity index (χ3n) is 2.84. The van der Waals surface area contributed by atoms with Gasteiger partial charge in [0.05, 0.1) is 27.4 Å². The van der Waals surface area contributed by atoms with E-state index in [-0.39, 0.29) is 11.4 Å². The summed E-state index contributed by atoms with van der Waals surface area (Å²) in [6.07, 6.45) is -0.372. The molecule has 2 N–H and O–H groups in total. The van der Waals surface area contributed by atoms with Crippen molar-refractivity contribution in [1.29, 1.82) is 5.26 Å². The first-order valence-corrected chi connectivity index (χ1v) is 7.29. The lowest BCUT2D eigenvalue weighted by atomic mass is 10.2. The van der Waals surface area contributed by atoms with Crippen molar-refractivity contribution in [1.82, 2.24) is 0 Å². The number of amides is 2. The van der Waals surface area contributed by atoms with Crippen LogP contribution < -0.4 is 10.6 Å². The Hall–Kier alpha value is -2.55. The van der Waals surface area contributed by atoms with Gasteiger partial charge in [0.1, 0.15) is 6.42 Å². The number of nitrogens with zero attached hydrogens (tertiary/aromatic N) is 1. The van der Waals surface area contributed by atoms with E-state index in [2.05, 4.69) is 10.6 Å². The van der Waals surface area contributed by atoms with Crippen LogP contribution in [-0.2, 0) is 9.59 Å². The Bertz CT molecular complexity index is 783. The second kappa shape index (κ2) is 7.63. The number of nitriles is 1. The molecule has 0 unspecified atom stereocenters. The van der Waals surface area contributed by atoms with Gasteiger partial charge in [0.25, 0.3) is 0 Å². The summed E-state index contributed by atoms with van der Waals surface area (Å²) in [6.45, 7) is 0. The van der Waals surface area contributed by atoms with Crippen molar-refractivity contribution < 1.29 is 9.59 Å². The lowest BCUT2D eigenvalue weighted by Crippen LogP contribution is -2.21. The van der Waals surface area contributed by atoms with Crippen molar-refractivity contribution in [3.05, 3.63) is 58.1 Å². The van der Waals surface area contributed by atoms with Gasteiger partial charge in [-0.2, -0.15) is 5.26 Å². The van der Waals surface area contributed by atoms with Crippen LogP contribution in [0.4, 0.5) is 11.4 Å². The summed E-state index contributed by atoms with van der Waals surface area (Å²) in [5.74, 6) is -0.995. The Labute approximate surface area is 142 Å². The van der Waals surface area contributed by atoms with Gasteiger partial charge in [0, 0.05) is 5.69 Å². The summed E-state index contributed by atoms with van der Waals surface area (Å²) in [6, 6.07) is 13.1. The highest BCUT2D eigenvalue weighted by Gasteiger charge is 2.12. The van der Waals surface area contributed by atoms with Crippen molar-refractivity contribution in [3.63, 3.8) is 0 Å². The van der Waals surface area contributed by atoms with Crippen molar-refractivity contribution in [2.45, 2.75) is 6.42 Å². The number of rotatable bonds is 4. The summed E-state index contributed by atoms with van der Waals surface area (Å²) < 4.78 is 0. The van der Waals surface area contributed by atoms with Crippen LogP contribution >= 0.6 is 23.2 Å². The number of anilines is 2. The summed E-state index contributed by atoms with van der Waals surface area (Å²) in [4.78, 5) is 23.7. The maximum Gasteiger partial charge on any atom is 0.233 e. The largest absolute Gasteiger partial charge is 0.326 e. The van der Waals surface area contributed by atoms with Crippen LogP contribution in [0, 0.1) is 11.3 Å². The lowest BCUT2D eigenvalue weighted by molar-refractivity contribution is -0.123. The number of hydrogen-bond donors (Lipinski definition) is 2. The zero-order valence-electron chi connectivity index (χ0n) is 11.8. The van der Waals surface area contributed by atoms with Crippen molar-refractivity contribution in [3.8, 4) is 6.07 Å². The molecule has 116 valence electrons. The second-order valence-corrected chi connectivity index (χ2v) is 5.35. The molecule has 0 spiro atoms. The molecule has 0 saturated heterocycles. The summed E-state index contributed by atoms with van der Waals surface area (Å²) >= 11 is 11.8. The molecule has 2 aromatic carbocycles.